The largest absolute Gasteiger partial charge is 0.481 e. The van der Waals surface area contributed by atoms with E-state index in [1.54, 1.807) is 6.92 Å². The first-order valence-corrected chi connectivity index (χ1v) is 9.65. The maximum Gasteiger partial charge on any atom is 0.260 e. The molecule has 1 fully saturated rings. The van der Waals surface area contributed by atoms with E-state index in [0.29, 0.717) is 6.54 Å². The topological polar surface area (TPSA) is 47.6 Å². The third-order valence-electron chi connectivity index (χ3n) is 5.60. The van der Waals surface area contributed by atoms with E-state index in [0.717, 1.165) is 37.4 Å². The van der Waals surface area contributed by atoms with Gasteiger partial charge in [-0.1, -0.05) is 36.4 Å². The monoisotopic (exact) mass is 367 g/mol. The number of hydrogen-bond donors (Lipinski definition) is 1. The highest BCUT2D eigenvalue weighted by Gasteiger charge is 2.35. The van der Waals surface area contributed by atoms with Gasteiger partial charge in [0, 0.05) is 25.2 Å². The summed E-state index contributed by atoms with van der Waals surface area (Å²) >= 11 is 0. The fourth-order valence-electron chi connectivity index (χ4n) is 3.57. The predicted octanol–water partition coefficient (Wildman–Crippen LogP) is 3.94. The standard InChI is InChI=1S/C23H29NO3/c1-17-9-10-21(15-18(17)2)27-19(3)22(25)24-16-23(11-13-26-14-12-23)20-7-5-4-6-8-20/h4-10,15,19H,11-14,16H2,1-3H3,(H,24,25)/t19-/m0/s1. The number of amides is 1. The Morgan fingerprint density at radius 1 is 1.11 bits per heavy atom. The normalized spacial score (nSPS) is 17.1. The summed E-state index contributed by atoms with van der Waals surface area (Å²) in [5.74, 6) is 0.639. The Labute approximate surface area is 161 Å². The van der Waals surface area contributed by atoms with Gasteiger partial charge in [-0.3, -0.25) is 4.79 Å². The van der Waals surface area contributed by atoms with Crippen LogP contribution in [-0.2, 0) is 14.9 Å². The smallest absolute Gasteiger partial charge is 0.260 e. The van der Waals surface area contributed by atoms with Gasteiger partial charge in [0.15, 0.2) is 6.10 Å². The minimum absolute atomic E-state index is 0.0741. The second-order valence-corrected chi connectivity index (χ2v) is 7.48. The van der Waals surface area contributed by atoms with Crippen molar-refractivity contribution >= 4 is 5.91 Å². The summed E-state index contributed by atoms with van der Waals surface area (Å²) in [5, 5.41) is 3.12. The van der Waals surface area contributed by atoms with Crippen LogP contribution >= 0.6 is 0 Å². The van der Waals surface area contributed by atoms with Gasteiger partial charge in [-0.15, -0.1) is 0 Å². The van der Waals surface area contributed by atoms with E-state index in [1.165, 1.54) is 11.1 Å². The zero-order chi connectivity index (χ0) is 19.3. The second-order valence-electron chi connectivity index (χ2n) is 7.48. The van der Waals surface area contributed by atoms with Gasteiger partial charge < -0.3 is 14.8 Å². The lowest BCUT2D eigenvalue weighted by molar-refractivity contribution is -0.127. The highest BCUT2D eigenvalue weighted by atomic mass is 16.5. The number of hydrogen-bond acceptors (Lipinski definition) is 3. The van der Waals surface area contributed by atoms with E-state index in [1.807, 2.05) is 31.2 Å². The SMILES string of the molecule is Cc1ccc(O[C@@H](C)C(=O)NCC2(c3ccccc3)CCOCC2)cc1C. The van der Waals surface area contributed by atoms with Gasteiger partial charge in [0.05, 0.1) is 0 Å². The number of aryl methyl sites for hydroxylation is 2. The van der Waals surface area contributed by atoms with Crippen molar-refractivity contribution in [1.82, 2.24) is 5.32 Å². The summed E-state index contributed by atoms with van der Waals surface area (Å²) in [7, 11) is 0. The molecule has 3 rings (SSSR count). The van der Waals surface area contributed by atoms with Crippen molar-refractivity contribution in [3.8, 4) is 5.75 Å². The third-order valence-corrected chi connectivity index (χ3v) is 5.60. The van der Waals surface area contributed by atoms with Crippen molar-refractivity contribution in [2.75, 3.05) is 19.8 Å². The van der Waals surface area contributed by atoms with Gasteiger partial charge in [0.2, 0.25) is 0 Å². The fraction of sp³-hybridized carbons (Fsp3) is 0.435. The van der Waals surface area contributed by atoms with Crippen molar-refractivity contribution in [2.45, 2.75) is 45.1 Å². The minimum atomic E-state index is -0.542. The lowest BCUT2D eigenvalue weighted by Gasteiger charge is -2.38. The molecule has 1 aliphatic heterocycles. The average Bonchev–Trinajstić information content (AvgIpc) is 2.70. The van der Waals surface area contributed by atoms with Crippen LogP contribution in [0.4, 0.5) is 0 Å². The van der Waals surface area contributed by atoms with Crippen LogP contribution in [0, 0.1) is 13.8 Å². The fourth-order valence-corrected chi connectivity index (χ4v) is 3.57. The zero-order valence-electron chi connectivity index (χ0n) is 16.5. The van der Waals surface area contributed by atoms with Gasteiger partial charge in [0.25, 0.3) is 5.91 Å². The van der Waals surface area contributed by atoms with Crippen molar-refractivity contribution in [3.05, 3.63) is 65.2 Å². The van der Waals surface area contributed by atoms with Crippen LogP contribution in [0.25, 0.3) is 0 Å². The van der Waals surface area contributed by atoms with Crippen LogP contribution < -0.4 is 10.1 Å². The van der Waals surface area contributed by atoms with E-state index >= 15 is 0 Å². The third kappa shape index (κ3) is 4.69. The zero-order valence-corrected chi connectivity index (χ0v) is 16.5. The molecule has 2 aromatic rings. The van der Waals surface area contributed by atoms with Crippen LogP contribution in [0.3, 0.4) is 0 Å². The van der Waals surface area contributed by atoms with Crippen molar-refractivity contribution < 1.29 is 14.3 Å². The summed E-state index contributed by atoms with van der Waals surface area (Å²) in [6.45, 7) is 7.94. The summed E-state index contributed by atoms with van der Waals surface area (Å²) in [4.78, 5) is 12.6. The molecule has 1 aliphatic rings. The lowest BCUT2D eigenvalue weighted by Crippen LogP contribution is -2.47. The molecule has 1 atom stereocenters. The van der Waals surface area contributed by atoms with E-state index < -0.39 is 6.10 Å². The quantitative estimate of drug-likeness (QED) is 0.841. The minimum Gasteiger partial charge on any atom is -0.481 e. The summed E-state index contributed by atoms with van der Waals surface area (Å²) in [5.41, 5.74) is 3.56. The molecule has 1 amide bonds. The molecule has 144 valence electrons. The van der Waals surface area contributed by atoms with Crippen LogP contribution in [0.15, 0.2) is 48.5 Å². The summed E-state index contributed by atoms with van der Waals surface area (Å²) in [6.07, 6.45) is 1.27. The molecule has 0 radical (unpaired) electrons. The Hall–Kier alpha value is -2.33. The Bertz CT molecular complexity index is 766. The van der Waals surface area contributed by atoms with Gasteiger partial charge >= 0.3 is 0 Å². The molecular weight excluding hydrogens is 338 g/mol. The highest BCUT2D eigenvalue weighted by molar-refractivity contribution is 5.80. The van der Waals surface area contributed by atoms with E-state index in [9.17, 15) is 4.79 Å². The van der Waals surface area contributed by atoms with Gasteiger partial charge in [-0.05, 0) is 62.4 Å². The molecule has 1 saturated heterocycles. The first-order chi connectivity index (χ1) is 13.0. The molecule has 1 N–H and O–H groups in total. The first-order valence-electron chi connectivity index (χ1n) is 9.65. The molecule has 2 aromatic carbocycles. The van der Waals surface area contributed by atoms with Gasteiger partial charge in [0.1, 0.15) is 5.75 Å². The second kappa shape index (κ2) is 8.57. The Balaban J connectivity index is 1.64. The van der Waals surface area contributed by atoms with E-state index in [4.69, 9.17) is 9.47 Å². The summed E-state index contributed by atoms with van der Waals surface area (Å²) < 4.78 is 11.4. The lowest BCUT2D eigenvalue weighted by atomic mass is 9.74. The van der Waals surface area contributed by atoms with Crippen molar-refractivity contribution in [3.63, 3.8) is 0 Å². The van der Waals surface area contributed by atoms with Crippen LogP contribution in [0.5, 0.6) is 5.75 Å². The van der Waals surface area contributed by atoms with Crippen LogP contribution in [0.2, 0.25) is 0 Å². The van der Waals surface area contributed by atoms with Crippen LogP contribution in [0.1, 0.15) is 36.5 Å². The number of nitrogens with one attached hydrogen (secondary N) is 1. The molecule has 27 heavy (non-hydrogen) atoms. The van der Waals surface area contributed by atoms with E-state index in [-0.39, 0.29) is 11.3 Å². The highest BCUT2D eigenvalue weighted by Crippen LogP contribution is 2.34. The number of rotatable bonds is 6. The number of ether oxygens (including phenoxy) is 2. The molecular formula is C23H29NO3. The van der Waals surface area contributed by atoms with Crippen molar-refractivity contribution in [2.24, 2.45) is 0 Å². The van der Waals surface area contributed by atoms with Crippen LogP contribution in [-0.4, -0.2) is 31.8 Å². The Morgan fingerprint density at radius 3 is 2.48 bits per heavy atom. The molecule has 4 heteroatoms. The molecule has 0 aromatic heterocycles. The summed E-state index contributed by atoms with van der Waals surface area (Å²) in [6, 6.07) is 16.3. The molecule has 0 unspecified atom stereocenters. The number of benzene rings is 2. The van der Waals surface area contributed by atoms with E-state index in [2.05, 4.69) is 36.5 Å². The van der Waals surface area contributed by atoms with Gasteiger partial charge in [-0.25, -0.2) is 0 Å². The Morgan fingerprint density at radius 2 is 1.81 bits per heavy atom. The predicted molar refractivity (Wildman–Crippen MR) is 107 cm³/mol. The number of carbonyl (C=O) groups is 1. The number of carbonyl (C=O) groups excluding carboxylic acids is 1. The van der Waals surface area contributed by atoms with Crippen molar-refractivity contribution in [1.29, 1.82) is 0 Å². The molecule has 0 saturated carbocycles. The molecule has 0 spiro atoms. The average molecular weight is 367 g/mol. The molecule has 4 nitrogen and oxygen atoms in total. The Kier molecular flexibility index (Phi) is 6.17. The molecule has 0 bridgehead atoms. The molecule has 1 heterocycles. The molecule has 0 aliphatic carbocycles. The maximum atomic E-state index is 12.6. The first kappa shape index (κ1) is 19.4. The van der Waals surface area contributed by atoms with Gasteiger partial charge in [-0.2, -0.15) is 0 Å². The maximum absolute atomic E-state index is 12.6.